The van der Waals surface area contributed by atoms with E-state index in [4.69, 9.17) is 0 Å². The number of carbonyl (C=O) groups is 1. The third-order valence-electron chi connectivity index (χ3n) is 1.15. The van der Waals surface area contributed by atoms with Crippen LogP contribution in [-0.2, 0) is 4.74 Å². The Balaban J connectivity index is 2.80. The number of rotatable bonds is 1. The number of aromatic nitrogens is 1. The second-order valence-corrected chi connectivity index (χ2v) is 3.55. The molecule has 1 heterocycles. The first-order chi connectivity index (χ1) is 6.27. The van der Waals surface area contributed by atoms with Crippen molar-refractivity contribution in [3.05, 3.63) is 16.1 Å². The van der Waals surface area contributed by atoms with Gasteiger partial charge in [-0.25, -0.2) is 9.78 Å². The Morgan fingerprint density at radius 3 is 3.23 bits per heavy atom. The molecule has 0 atom stereocenters. The monoisotopic (exact) mass is 259 g/mol. The second-order valence-electron chi connectivity index (χ2n) is 1.96. The predicted molar refractivity (Wildman–Crippen MR) is 54.1 cm³/mol. The average molecular weight is 260 g/mol. The lowest BCUT2D eigenvalue weighted by Crippen LogP contribution is -1.96. The maximum absolute atomic E-state index is 11.0. The van der Waals surface area contributed by atoms with E-state index in [2.05, 4.69) is 37.5 Å². The minimum absolute atomic E-state index is 0.371. The summed E-state index contributed by atoms with van der Waals surface area (Å²) in [6.45, 7) is 0. The summed E-state index contributed by atoms with van der Waals surface area (Å²) in [5.41, 5.74) is 0. The minimum Gasteiger partial charge on any atom is -0.465 e. The molecule has 0 saturated heterocycles. The van der Waals surface area contributed by atoms with Crippen molar-refractivity contribution >= 4 is 33.2 Å². The third kappa shape index (κ3) is 2.83. The molecule has 13 heavy (non-hydrogen) atoms. The lowest BCUT2D eigenvalue weighted by atomic mass is 10.6. The Morgan fingerprint density at radius 2 is 2.62 bits per heavy atom. The van der Waals surface area contributed by atoms with Crippen LogP contribution in [0.3, 0.4) is 0 Å². The van der Waals surface area contributed by atoms with Gasteiger partial charge in [-0.3, -0.25) is 0 Å². The molecule has 0 aliphatic rings. The van der Waals surface area contributed by atoms with E-state index in [-0.39, 0.29) is 5.97 Å². The van der Waals surface area contributed by atoms with Gasteiger partial charge in [-0.05, 0) is 5.92 Å². The molecule has 0 unspecified atom stereocenters. The van der Waals surface area contributed by atoms with Crippen molar-refractivity contribution in [1.82, 2.24) is 4.98 Å². The Kier molecular flexibility index (Phi) is 3.93. The van der Waals surface area contributed by atoms with E-state index in [1.807, 2.05) is 0 Å². The second kappa shape index (κ2) is 5.00. The SMILES string of the molecule is COC(=O)c1cnc(C#CCBr)s1. The first-order valence-electron chi connectivity index (χ1n) is 3.37. The highest BCUT2D eigenvalue weighted by molar-refractivity contribution is 9.09. The van der Waals surface area contributed by atoms with Crippen molar-refractivity contribution in [1.29, 1.82) is 0 Å². The molecule has 0 spiro atoms. The summed E-state index contributed by atoms with van der Waals surface area (Å²) in [4.78, 5) is 15.4. The maximum Gasteiger partial charge on any atom is 0.349 e. The van der Waals surface area contributed by atoms with E-state index in [0.717, 1.165) is 0 Å². The number of methoxy groups -OCH3 is 1. The number of thiazole rings is 1. The summed E-state index contributed by atoms with van der Waals surface area (Å²) in [7, 11) is 1.34. The zero-order chi connectivity index (χ0) is 9.68. The number of esters is 1. The number of hydrogen-bond acceptors (Lipinski definition) is 4. The molecule has 0 bridgehead atoms. The van der Waals surface area contributed by atoms with Gasteiger partial charge in [0.1, 0.15) is 4.88 Å². The summed E-state index contributed by atoms with van der Waals surface area (Å²) in [6, 6.07) is 0. The summed E-state index contributed by atoms with van der Waals surface area (Å²) < 4.78 is 4.53. The van der Waals surface area contributed by atoms with Crippen LogP contribution in [0, 0.1) is 11.8 Å². The first kappa shape index (κ1) is 10.2. The van der Waals surface area contributed by atoms with Crippen molar-refractivity contribution in [3.63, 3.8) is 0 Å². The summed E-state index contributed by atoms with van der Waals surface area (Å²) in [5, 5.41) is 1.22. The number of nitrogens with zero attached hydrogens (tertiary/aromatic N) is 1. The highest BCUT2D eigenvalue weighted by atomic mass is 79.9. The molecule has 1 aromatic heterocycles. The van der Waals surface area contributed by atoms with E-state index >= 15 is 0 Å². The quantitative estimate of drug-likeness (QED) is 0.438. The van der Waals surface area contributed by atoms with E-state index in [1.165, 1.54) is 24.6 Å². The standard InChI is InChI=1S/C8H6BrNO2S/c1-12-8(11)6-5-10-7(13-6)3-2-4-9/h5H,4H2,1H3. The molecule has 0 aromatic carbocycles. The molecule has 0 N–H and O–H groups in total. The minimum atomic E-state index is -0.371. The maximum atomic E-state index is 11.0. The molecule has 3 nitrogen and oxygen atoms in total. The molecule has 0 saturated carbocycles. The van der Waals surface area contributed by atoms with Gasteiger partial charge in [0.2, 0.25) is 0 Å². The molecule has 68 valence electrons. The Labute approximate surface area is 88.3 Å². The van der Waals surface area contributed by atoms with Gasteiger partial charge in [0.15, 0.2) is 5.01 Å². The first-order valence-corrected chi connectivity index (χ1v) is 5.30. The third-order valence-corrected chi connectivity index (χ3v) is 2.33. The van der Waals surface area contributed by atoms with Crippen molar-refractivity contribution in [2.75, 3.05) is 12.4 Å². The van der Waals surface area contributed by atoms with Crippen LogP contribution >= 0.6 is 27.3 Å². The zero-order valence-corrected chi connectivity index (χ0v) is 9.24. The Bertz CT molecular complexity index is 364. The van der Waals surface area contributed by atoms with Crippen LogP contribution in [0.5, 0.6) is 0 Å². The molecule has 0 amide bonds. The summed E-state index contributed by atoms with van der Waals surface area (Å²) in [6.07, 6.45) is 1.47. The van der Waals surface area contributed by atoms with Crippen LogP contribution < -0.4 is 0 Å². The smallest absolute Gasteiger partial charge is 0.349 e. The number of hydrogen-bond donors (Lipinski definition) is 0. The van der Waals surface area contributed by atoms with Crippen LogP contribution in [0.1, 0.15) is 14.7 Å². The van der Waals surface area contributed by atoms with Crippen molar-refractivity contribution in [2.24, 2.45) is 0 Å². The highest BCUT2D eigenvalue weighted by Gasteiger charge is 2.08. The Morgan fingerprint density at radius 1 is 1.85 bits per heavy atom. The number of alkyl halides is 1. The summed E-state index contributed by atoms with van der Waals surface area (Å²) in [5.74, 6) is 5.22. The van der Waals surface area contributed by atoms with Gasteiger partial charge in [0.05, 0.1) is 18.6 Å². The van der Waals surface area contributed by atoms with Crippen LogP contribution in [0.4, 0.5) is 0 Å². The average Bonchev–Trinajstić information content (AvgIpc) is 2.62. The van der Waals surface area contributed by atoms with E-state index in [9.17, 15) is 4.79 Å². The van der Waals surface area contributed by atoms with Crippen LogP contribution in [-0.4, -0.2) is 23.4 Å². The highest BCUT2D eigenvalue weighted by Crippen LogP contribution is 2.12. The van der Waals surface area contributed by atoms with Crippen LogP contribution in [0.15, 0.2) is 6.20 Å². The lowest BCUT2D eigenvalue weighted by molar-refractivity contribution is 0.0606. The fourth-order valence-corrected chi connectivity index (χ4v) is 1.49. The van der Waals surface area contributed by atoms with Gasteiger partial charge in [0.25, 0.3) is 0 Å². The zero-order valence-electron chi connectivity index (χ0n) is 6.83. The number of ether oxygens (including phenoxy) is 1. The Hall–Kier alpha value is -0.860. The molecule has 0 radical (unpaired) electrons. The van der Waals surface area contributed by atoms with Crippen molar-refractivity contribution in [3.8, 4) is 11.8 Å². The number of halogens is 1. The van der Waals surface area contributed by atoms with Gasteiger partial charge in [-0.1, -0.05) is 33.2 Å². The lowest BCUT2D eigenvalue weighted by Gasteiger charge is -1.89. The predicted octanol–water partition coefficient (Wildman–Crippen LogP) is 1.68. The molecule has 0 aliphatic carbocycles. The number of carbonyl (C=O) groups excluding carboxylic acids is 1. The van der Waals surface area contributed by atoms with Gasteiger partial charge in [-0.15, -0.1) is 0 Å². The molecular weight excluding hydrogens is 254 g/mol. The fourth-order valence-electron chi connectivity index (χ4n) is 0.636. The van der Waals surface area contributed by atoms with Crippen LogP contribution in [0.25, 0.3) is 0 Å². The molecule has 0 aliphatic heterocycles. The van der Waals surface area contributed by atoms with Crippen LogP contribution in [0.2, 0.25) is 0 Å². The van der Waals surface area contributed by atoms with E-state index in [0.29, 0.717) is 15.2 Å². The molecule has 1 rings (SSSR count). The van der Waals surface area contributed by atoms with Gasteiger partial charge in [-0.2, -0.15) is 0 Å². The van der Waals surface area contributed by atoms with Gasteiger partial charge < -0.3 is 4.74 Å². The van der Waals surface area contributed by atoms with E-state index < -0.39 is 0 Å². The van der Waals surface area contributed by atoms with Gasteiger partial charge >= 0.3 is 5.97 Å². The molecule has 1 aromatic rings. The van der Waals surface area contributed by atoms with Gasteiger partial charge in [0, 0.05) is 0 Å². The normalized spacial score (nSPS) is 8.77. The topological polar surface area (TPSA) is 39.2 Å². The molecular formula is C8H6BrNO2S. The van der Waals surface area contributed by atoms with E-state index in [1.54, 1.807) is 0 Å². The summed E-state index contributed by atoms with van der Waals surface area (Å²) >= 11 is 4.39. The van der Waals surface area contributed by atoms with Crippen molar-refractivity contribution in [2.45, 2.75) is 0 Å². The molecule has 0 fully saturated rings. The largest absolute Gasteiger partial charge is 0.465 e. The molecule has 5 heteroatoms. The van der Waals surface area contributed by atoms with Crippen molar-refractivity contribution < 1.29 is 9.53 Å². The fraction of sp³-hybridized carbons (Fsp3) is 0.250.